The van der Waals surface area contributed by atoms with Crippen LogP contribution >= 0.6 is 24.0 Å². The van der Waals surface area contributed by atoms with Crippen LogP contribution in [0.25, 0.3) is 6.08 Å². The Kier molecular flexibility index (Phi) is 5.60. The zero-order valence-electron chi connectivity index (χ0n) is 13.6. The molecule has 0 unspecified atom stereocenters. The number of non-ortho nitro benzene ring substituents is 1. The van der Waals surface area contributed by atoms with Crippen molar-refractivity contribution in [3.63, 3.8) is 0 Å². The summed E-state index contributed by atoms with van der Waals surface area (Å²) in [4.78, 5) is 25.0. The second-order valence-electron chi connectivity index (χ2n) is 5.49. The van der Waals surface area contributed by atoms with Crippen molar-refractivity contribution in [2.24, 2.45) is 0 Å². The normalized spacial score (nSPS) is 16.0. The van der Waals surface area contributed by atoms with E-state index in [1.165, 1.54) is 23.9 Å². The number of nitro benzene ring substituents is 1. The Balaban J connectivity index is 1.71. The third kappa shape index (κ3) is 4.25. The molecule has 0 aromatic heterocycles. The van der Waals surface area contributed by atoms with Gasteiger partial charge < -0.3 is 0 Å². The second kappa shape index (κ2) is 8.07. The number of hydrogen-bond donors (Lipinski definition) is 0. The molecule has 1 amide bonds. The van der Waals surface area contributed by atoms with Crippen LogP contribution in [0.1, 0.15) is 11.1 Å². The first-order chi connectivity index (χ1) is 12.5. The van der Waals surface area contributed by atoms with Crippen molar-refractivity contribution in [3.05, 3.63) is 92.9 Å². The molecule has 0 aliphatic carbocycles. The highest BCUT2D eigenvalue weighted by atomic mass is 32.2. The van der Waals surface area contributed by atoms with E-state index in [9.17, 15) is 14.9 Å². The number of thiocarbonyl (C=S) groups is 1. The third-order valence-corrected chi connectivity index (χ3v) is 5.07. The maximum absolute atomic E-state index is 12.5. The molecule has 1 saturated heterocycles. The average molecular weight is 382 g/mol. The molecule has 0 bridgehead atoms. The standard InChI is InChI=1S/C19H14N2O3S2/c22-18-17(11-5-9-14-8-4-10-16(12-14)21(23)24)26-19(25)20(18)13-15-6-2-1-3-7-15/h1-12H,13H2/b9-5+,17-11?. The minimum atomic E-state index is -0.438. The Labute approximate surface area is 160 Å². The van der Waals surface area contributed by atoms with Crippen LogP contribution in [-0.2, 0) is 11.3 Å². The largest absolute Gasteiger partial charge is 0.288 e. The van der Waals surface area contributed by atoms with Crippen molar-refractivity contribution in [1.82, 2.24) is 4.90 Å². The van der Waals surface area contributed by atoms with E-state index in [4.69, 9.17) is 12.2 Å². The van der Waals surface area contributed by atoms with Gasteiger partial charge in [0.15, 0.2) is 0 Å². The molecule has 7 heteroatoms. The van der Waals surface area contributed by atoms with Gasteiger partial charge >= 0.3 is 0 Å². The van der Waals surface area contributed by atoms with Crippen molar-refractivity contribution >= 4 is 46.0 Å². The summed E-state index contributed by atoms with van der Waals surface area (Å²) in [5.74, 6) is -0.132. The van der Waals surface area contributed by atoms with Crippen LogP contribution in [0.3, 0.4) is 0 Å². The quantitative estimate of drug-likeness (QED) is 0.328. The van der Waals surface area contributed by atoms with Gasteiger partial charge in [0.05, 0.1) is 16.4 Å². The van der Waals surface area contributed by atoms with E-state index in [0.717, 1.165) is 5.56 Å². The number of nitro groups is 1. The molecular formula is C19H14N2O3S2. The van der Waals surface area contributed by atoms with Crippen LogP contribution in [0.5, 0.6) is 0 Å². The van der Waals surface area contributed by atoms with Crippen LogP contribution < -0.4 is 0 Å². The van der Waals surface area contributed by atoms with Crippen molar-refractivity contribution in [2.75, 3.05) is 0 Å². The van der Waals surface area contributed by atoms with E-state index in [2.05, 4.69) is 0 Å². The van der Waals surface area contributed by atoms with Crippen LogP contribution in [-0.4, -0.2) is 20.1 Å². The fraction of sp³-hybridized carbons (Fsp3) is 0.0526. The number of benzene rings is 2. The Morgan fingerprint density at radius 3 is 2.65 bits per heavy atom. The van der Waals surface area contributed by atoms with Crippen LogP contribution in [0, 0.1) is 10.1 Å². The first-order valence-electron chi connectivity index (χ1n) is 7.75. The van der Waals surface area contributed by atoms with E-state index in [1.54, 1.807) is 35.3 Å². The lowest BCUT2D eigenvalue weighted by Gasteiger charge is -2.14. The van der Waals surface area contributed by atoms with Gasteiger partial charge in [-0.2, -0.15) is 0 Å². The number of hydrogen-bond acceptors (Lipinski definition) is 5. The summed E-state index contributed by atoms with van der Waals surface area (Å²) >= 11 is 6.57. The highest BCUT2D eigenvalue weighted by Gasteiger charge is 2.31. The van der Waals surface area contributed by atoms with E-state index >= 15 is 0 Å². The molecule has 1 aliphatic rings. The van der Waals surface area contributed by atoms with Gasteiger partial charge in [-0.05, 0) is 17.2 Å². The number of carbonyl (C=O) groups is 1. The maximum atomic E-state index is 12.5. The number of rotatable bonds is 5. The average Bonchev–Trinajstić information content (AvgIpc) is 2.90. The lowest BCUT2D eigenvalue weighted by Crippen LogP contribution is -2.27. The molecule has 0 radical (unpaired) electrons. The van der Waals surface area contributed by atoms with Gasteiger partial charge in [-0.3, -0.25) is 19.8 Å². The third-order valence-electron chi connectivity index (χ3n) is 3.67. The van der Waals surface area contributed by atoms with Crippen LogP contribution in [0.2, 0.25) is 0 Å². The van der Waals surface area contributed by atoms with Crippen molar-refractivity contribution in [3.8, 4) is 0 Å². The molecule has 26 heavy (non-hydrogen) atoms. The molecule has 0 atom stereocenters. The van der Waals surface area contributed by atoms with Gasteiger partial charge in [-0.25, -0.2) is 0 Å². The lowest BCUT2D eigenvalue weighted by atomic mass is 10.2. The summed E-state index contributed by atoms with van der Waals surface area (Å²) in [6.07, 6.45) is 5.10. The number of amides is 1. The lowest BCUT2D eigenvalue weighted by molar-refractivity contribution is -0.384. The first-order valence-corrected chi connectivity index (χ1v) is 8.97. The Morgan fingerprint density at radius 2 is 1.92 bits per heavy atom. The predicted octanol–water partition coefficient (Wildman–Crippen LogP) is 4.55. The van der Waals surface area contributed by atoms with Crippen molar-refractivity contribution in [2.45, 2.75) is 6.54 Å². The number of allylic oxidation sites excluding steroid dienone is 2. The zero-order valence-corrected chi connectivity index (χ0v) is 15.2. The molecule has 3 rings (SSSR count). The van der Waals surface area contributed by atoms with E-state index in [0.29, 0.717) is 21.3 Å². The topological polar surface area (TPSA) is 63.4 Å². The molecule has 2 aromatic rings. The number of thioether (sulfide) groups is 1. The van der Waals surface area contributed by atoms with Gasteiger partial charge in [0.1, 0.15) is 4.32 Å². The van der Waals surface area contributed by atoms with Gasteiger partial charge in [0.25, 0.3) is 11.6 Å². The summed E-state index contributed by atoms with van der Waals surface area (Å²) in [6, 6.07) is 16.0. The highest BCUT2D eigenvalue weighted by molar-refractivity contribution is 8.26. The molecule has 1 fully saturated rings. The molecule has 130 valence electrons. The minimum Gasteiger partial charge on any atom is -0.288 e. The molecule has 0 spiro atoms. The van der Waals surface area contributed by atoms with Crippen LogP contribution in [0.15, 0.2) is 71.7 Å². The zero-order chi connectivity index (χ0) is 18.5. The molecule has 1 heterocycles. The van der Waals surface area contributed by atoms with Crippen molar-refractivity contribution in [1.29, 1.82) is 0 Å². The first kappa shape index (κ1) is 18.0. The Hall–Kier alpha value is -2.77. The highest BCUT2D eigenvalue weighted by Crippen LogP contribution is 2.32. The molecule has 5 nitrogen and oxygen atoms in total. The minimum absolute atomic E-state index is 0.0290. The smallest absolute Gasteiger partial charge is 0.270 e. The van der Waals surface area contributed by atoms with Gasteiger partial charge in [-0.15, -0.1) is 0 Å². The summed E-state index contributed by atoms with van der Waals surface area (Å²) < 4.78 is 0.522. The summed E-state index contributed by atoms with van der Waals surface area (Å²) in [6.45, 7) is 0.442. The van der Waals surface area contributed by atoms with E-state index in [-0.39, 0.29) is 11.6 Å². The Morgan fingerprint density at radius 1 is 1.15 bits per heavy atom. The number of carbonyl (C=O) groups excluding carboxylic acids is 1. The summed E-state index contributed by atoms with van der Waals surface area (Å²) in [5.41, 5.74) is 1.73. The van der Waals surface area contributed by atoms with Crippen molar-refractivity contribution < 1.29 is 9.72 Å². The predicted molar refractivity (Wildman–Crippen MR) is 107 cm³/mol. The van der Waals surface area contributed by atoms with E-state index in [1.807, 2.05) is 30.3 Å². The fourth-order valence-corrected chi connectivity index (χ4v) is 3.61. The molecular weight excluding hydrogens is 368 g/mol. The molecule has 1 aliphatic heterocycles. The van der Waals surface area contributed by atoms with Gasteiger partial charge in [0, 0.05) is 12.1 Å². The monoisotopic (exact) mass is 382 g/mol. The molecule has 0 N–H and O–H groups in total. The summed E-state index contributed by atoms with van der Waals surface area (Å²) in [5, 5.41) is 10.8. The maximum Gasteiger partial charge on any atom is 0.270 e. The van der Waals surface area contributed by atoms with E-state index < -0.39 is 4.92 Å². The molecule has 2 aromatic carbocycles. The van der Waals surface area contributed by atoms with Gasteiger partial charge in [-0.1, -0.05) is 78.6 Å². The van der Waals surface area contributed by atoms with Crippen LogP contribution in [0.4, 0.5) is 5.69 Å². The SMILES string of the molecule is O=C1C(=C/C=C/c2cccc([N+](=O)[O-])c2)SC(=S)N1Cc1ccccc1. The molecule has 0 saturated carbocycles. The fourth-order valence-electron chi connectivity index (χ4n) is 2.41. The van der Waals surface area contributed by atoms with Gasteiger partial charge in [0.2, 0.25) is 0 Å². The summed E-state index contributed by atoms with van der Waals surface area (Å²) in [7, 11) is 0. The Bertz CT molecular complexity index is 923. The second-order valence-corrected chi connectivity index (χ2v) is 7.16. The number of nitrogens with zero attached hydrogens (tertiary/aromatic N) is 2.